The van der Waals surface area contributed by atoms with Crippen molar-refractivity contribution < 1.29 is 44.3 Å². The van der Waals surface area contributed by atoms with Gasteiger partial charge >= 0.3 is 5.97 Å². The molecular formula is C20H21ClO9. The molecule has 162 valence electrons. The number of benzene rings is 1. The van der Waals surface area contributed by atoms with Gasteiger partial charge in [-0.25, -0.2) is 0 Å². The normalized spacial score (nSPS) is 36.1. The minimum Gasteiger partial charge on any atom is -0.481 e. The number of ketones is 1. The summed E-state index contributed by atoms with van der Waals surface area (Å²) in [6.45, 7) is 1.74. The fraction of sp³-hybridized carbons (Fsp3) is 0.500. The first kappa shape index (κ1) is 21.2. The topological polar surface area (TPSA) is 158 Å². The minimum absolute atomic E-state index is 0.00254. The molecule has 1 saturated heterocycles. The third kappa shape index (κ3) is 3.31. The molecule has 9 nitrogen and oxygen atoms in total. The number of aryl methyl sites for hydroxylation is 1. The lowest BCUT2D eigenvalue weighted by atomic mass is 9.87. The predicted octanol–water partition coefficient (Wildman–Crippen LogP) is 0.858. The molecule has 7 atom stereocenters. The van der Waals surface area contributed by atoms with E-state index in [0.29, 0.717) is 16.7 Å². The summed E-state index contributed by atoms with van der Waals surface area (Å²) in [4.78, 5) is 25.1. The maximum absolute atomic E-state index is 13.0. The van der Waals surface area contributed by atoms with Gasteiger partial charge in [0.15, 0.2) is 17.7 Å². The van der Waals surface area contributed by atoms with E-state index in [1.54, 1.807) is 19.1 Å². The summed E-state index contributed by atoms with van der Waals surface area (Å²) in [5.74, 6) is -1.96. The molecule has 1 aliphatic carbocycles. The number of hydrogen-bond donors (Lipinski definition) is 5. The zero-order valence-corrected chi connectivity index (χ0v) is 16.6. The Morgan fingerprint density at radius 1 is 1.13 bits per heavy atom. The first-order valence-electron chi connectivity index (χ1n) is 9.40. The summed E-state index contributed by atoms with van der Waals surface area (Å²) in [7, 11) is 0. The number of ether oxygens (including phenoxy) is 1. The van der Waals surface area contributed by atoms with Crippen LogP contribution in [0.15, 0.2) is 22.6 Å². The molecule has 30 heavy (non-hydrogen) atoms. The number of carboxylic acid groups (broad SMARTS) is 1. The highest BCUT2D eigenvalue weighted by molar-refractivity contribution is 6.35. The number of hydrogen-bond acceptors (Lipinski definition) is 8. The van der Waals surface area contributed by atoms with Gasteiger partial charge in [-0.05, 0) is 38.0 Å². The molecule has 2 unspecified atom stereocenters. The van der Waals surface area contributed by atoms with Gasteiger partial charge in [-0.2, -0.15) is 0 Å². The van der Waals surface area contributed by atoms with E-state index in [9.17, 15) is 35.1 Å². The van der Waals surface area contributed by atoms with E-state index in [0.717, 1.165) is 0 Å². The van der Waals surface area contributed by atoms with E-state index in [1.807, 2.05) is 0 Å². The van der Waals surface area contributed by atoms with Crippen LogP contribution in [0, 0.1) is 18.3 Å². The highest BCUT2D eigenvalue weighted by atomic mass is 35.5. The fourth-order valence-electron chi connectivity index (χ4n) is 4.24. The maximum atomic E-state index is 13.0. The van der Waals surface area contributed by atoms with Crippen molar-refractivity contribution in [1.29, 1.82) is 0 Å². The number of carbonyl (C=O) groups is 2. The monoisotopic (exact) mass is 440 g/mol. The largest absolute Gasteiger partial charge is 0.481 e. The molecular weight excluding hydrogens is 420 g/mol. The fourth-order valence-corrected chi connectivity index (χ4v) is 4.50. The summed E-state index contributed by atoms with van der Waals surface area (Å²) >= 11 is 6.20. The zero-order valence-electron chi connectivity index (χ0n) is 15.9. The molecule has 1 aromatic heterocycles. The van der Waals surface area contributed by atoms with Crippen molar-refractivity contribution in [1.82, 2.24) is 0 Å². The summed E-state index contributed by atoms with van der Waals surface area (Å²) in [5, 5.41) is 49.9. The Labute approximate surface area is 175 Å². The number of Topliss-reactive ketones (excluding diaryl/α,β-unsaturated/α-hetero) is 1. The molecule has 0 spiro atoms. The van der Waals surface area contributed by atoms with Crippen molar-refractivity contribution >= 4 is 34.3 Å². The van der Waals surface area contributed by atoms with E-state index in [1.165, 1.54) is 6.07 Å². The highest BCUT2D eigenvalue weighted by Crippen LogP contribution is 2.58. The molecule has 2 heterocycles. The summed E-state index contributed by atoms with van der Waals surface area (Å²) < 4.78 is 10.6. The number of aliphatic hydroxyl groups excluding tert-OH is 4. The summed E-state index contributed by atoms with van der Waals surface area (Å²) in [6, 6.07) is 4.73. The Hall–Kier alpha value is -2.01. The molecule has 0 bridgehead atoms. The standard InChI is InChI=1S/C20H21ClO9/c1-7-2-9-3-8(4-11(21)17(9)29-7)13(22)10-5-20(10,19(27)28)6-12-14(23)15(24)16(25)18(26)30-12/h2-4,10,12,14-16,18,23-26H,5-6H2,1H3,(H,27,28)/t10-,12?,14-,15+,16-,18?,20+/m1/s1. The van der Waals surface area contributed by atoms with Crippen molar-refractivity contribution in [3.63, 3.8) is 0 Å². The average molecular weight is 441 g/mol. The molecule has 1 saturated carbocycles. The van der Waals surface area contributed by atoms with Crippen molar-refractivity contribution in [3.8, 4) is 0 Å². The van der Waals surface area contributed by atoms with Gasteiger partial charge in [0.1, 0.15) is 24.1 Å². The van der Waals surface area contributed by atoms with Gasteiger partial charge < -0.3 is 34.7 Å². The molecule has 0 radical (unpaired) electrons. The molecule has 2 aromatic rings. The first-order valence-corrected chi connectivity index (χ1v) is 9.78. The van der Waals surface area contributed by atoms with Gasteiger partial charge in [-0.3, -0.25) is 9.59 Å². The van der Waals surface area contributed by atoms with E-state index in [4.69, 9.17) is 20.8 Å². The van der Waals surface area contributed by atoms with Crippen molar-refractivity contribution in [2.24, 2.45) is 11.3 Å². The molecule has 0 amide bonds. The van der Waals surface area contributed by atoms with Gasteiger partial charge in [0.25, 0.3) is 0 Å². The van der Waals surface area contributed by atoms with Gasteiger partial charge in [0, 0.05) is 16.9 Å². The molecule has 10 heteroatoms. The van der Waals surface area contributed by atoms with Crippen LogP contribution in [0.5, 0.6) is 0 Å². The van der Waals surface area contributed by atoms with Crippen LogP contribution in [0.3, 0.4) is 0 Å². The Morgan fingerprint density at radius 3 is 2.50 bits per heavy atom. The lowest BCUT2D eigenvalue weighted by molar-refractivity contribution is -0.284. The lowest BCUT2D eigenvalue weighted by Crippen LogP contribution is -2.58. The Morgan fingerprint density at radius 2 is 1.83 bits per heavy atom. The van der Waals surface area contributed by atoms with Crippen LogP contribution < -0.4 is 0 Å². The average Bonchev–Trinajstić information content (AvgIpc) is 3.29. The quantitative estimate of drug-likeness (QED) is 0.425. The molecule has 2 fully saturated rings. The summed E-state index contributed by atoms with van der Waals surface area (Å²) in [6.07, 6.45) is -8.41. The van der Waals surface area contributed by atoms with Crippen molar-refractivity contribution in [2.45, 2.75) is 50.5 Å². The number of carbonyl (C=O) groups excluding carboxylic acids is 1. The van der Waals surface area contributed by atoms with Gasteiger partial charge in [-0.15, -0.1) is 0 Å². The van der Waals surface area contributed by atoms with E-state index in [-0.39, 0.29) is 23.4 Å². The Bertz CT molecular complexity index is 1020. The molecule has 4 rings (SSSR count). The number of fused-ring (bicyclic) bond motifs is 1. The van der Waals surface area contributed by atoms with E-state index < -0.39 is 53.8 Å². The molecule has 1 aliphatic heterocycles. The molecule has 5 N–H and O–H groups in total. The van der Waals surface area contributed by atoms with Gasteiger partial charge in [0.2, 0.25) is 0 Å². The number of halogens is 1. The second kappa shape index (κ2) is 7.30. The number of furan rings is 1. The van der Waals surface area contributed by atoms with Crippen LogP contribution >= 0.6 is 11.6 Å². The van der Waals surface area contributed by atoms with E-state index in [2.05, 4.69) is 0 Å². The third-order valence-corrected chi connectivity index (χ3v) is 6.33. The molecule has 1 aromatic carbocycles. The predicted molar refractivity (Wildman–Crippen MR) is 102 cm³/mol. The zero-order chi connectivity index (χ0) is 22.0. The van der Waals surface area contributed by atoms with E-state index >= 15 is 0 Å². The number of aliphatic carboxylic acids is 1. The smallest absolute Gasteiger partial charge is 0.310 e. The Kier molecular flexibility index (Phi) is 5.16. The van der Waals surface area contributed by atoms with Gasteiger partial charge in [0.05, 0.1) is 16.5 Å². The second-order valence-electron chi connectivity index (χ2n) is 8.06. The lowest BCUT2D eigenvalue weighted by Gasteiger charge is -2.39. The molecule has 2 aliphatic rings. The van der Waals surface area contributed by atoms with Crippen LogP contribution in [0.25, 0.3) is 11.0 Å². The van der Waals surface area contributed by atoms with Gasteiger partial charge in [-0.1, -0.05) is 11.6 Å². The first-order chi connectivity index (χ1) is 14.0. The number of rotatable bonds is 5. The van der Waals surface area contributed by atoms with Crippen LogP contribution in [-0.2, 0) is 9.53 Å². The minimum atomic E-state index is -1.78. The van der Waals surface area contributed by atoms with Crippen LogP contribution in [0.2, 0.25) is 5.02 Å². The second-order valence-corrected chi connectivity index (χ2v) is 8.46. The summed E-state index contributed by atoms with van der Waals surface area (Å²) in [5.41, 5.74) is -0.855. The van der Waals surface area contributed by atoms with Crippen molar-refractivity contribution in [3.05, 3.63) is 34.5 Å². The van der Waals surface area contributed by atoms with Crippen molar-refractivity contribution in [2.75, 3.05) is 0 Å². The Balaban J connectivity index is 1.58. The van der Waals surface area contributed by atoms with Crippen LogP contribution in [-0.4, -0.2) is 68.0 Å². The van der Waals surface area contributed by atoms with Crippen LogP contribution in [0.4, 0.5) is 0 Å². The third-order valence-electron chi connectivity index (χ3n) is 6.05. The number of carboxylic acids is 1. The highest BCUT2D eigenvalue weighted by Gasteiger charge is 2.65. The maximum Gasteiger partial charge on any atom is 0.310 e. The van der Waals surface area contributed by atoms with Crippen LogP contribution in [0.1, 0.15) is 29.0 Å². The number of aliphatic hydroxyl groups is 4. The SMILES string of the molecule is Cc1cc2cc(C(=O)[C@H]3C[C@@]3(CC3OC(O)[C@H](O)[C@@H](O)[C@@H]3O)C(=O)O)cc(Cl)c2o1.